The van der Waals surface area contributed by atoms with Crippen LogP contribution in [0.3, 0.4) is 0 Å². The lowest BCUT2D eigenvalue weighted by Crippen LogP contribution is -2.41. The summed E-state index contributed by atoms with van der Waals surface area (Å²) in [4.78, 5) is 14.8. The van der Waals surface area contributed by atoms with E-state index in [9.17, 15) is 13.2 Å². The third-order valence-corrected chi connectivity index (χ3v) is 5.62. The van der Waals surface area contributed by atoms with Crippen molar-refractivity contribution >= 4 is 21.4 Å². The zero-order valence-electron chi connectivity index (χ0n) is 14.6. The molecule has 0 bridgehead atoms. The average Bonchev–Trinajstić information content (AvgIpc) is 2.88. The monoisotopic (exact) mass is 355 g/mol. The number of amides is 1. The summed E-state index contributed by atoms with van der Waals surface area (Å²) in [7, 11) is -3.26. The minimum atomic E-state index is -3.26. The van der Waals surface area contributed by atoms with Crippen LogP contribution in [0.5, 0.6) is 0 Å². The van der Waals surface area contributed by atoms with Gasteiger partial charge in [-0.15, -0.1) is 0 Å². The molecule has 0 aliphatic carbocycles. The summed E-state index contributed by atoms with van der Waals surface area (Å²) in [5.74, 6) is -0.278. The minimum absolute atomic E-state index is 0.0859. The fourth-order valence-electron chi connectivity index (χ4n) is 3.12. The second-order valence-corrected chi connectivity index (χ2v) is 8.54. The maximum Gasteiger partial charge on any atom is 0.258 e. The van der Waals surface area contributed by atoms with E-state index in [1.54, 1.807) is 11.0 Å². The van der Waals surface area contributed by atoms with Crippen molar-refractivity contribution in [2.45, 2.75) is 26.8 Å². The van der Waals surface area contributed by atoms with Gasteiger partial charge in [-0.2, -0.15) is 0 Å². The van der Waals surface area contributed by atoms with Gasteiger partial charge < -0.3 is 4.90 Å². The first-order chi connectivity index (χ1) is 11.7. The fourth-order valence-corrected chi connectivity index (χ4v) is 4.39. The third kappa shape index (κ3) is 3.82. The van der Waals surface area contributed by atoms with Crippen molar-refractivity contribution in [3.63, 3.8) is 0 Å². The topological polar surface area (TPSA) is 54.5 Å². The van der Waals surface area contributed by atoms with Crippen LogP contribution in [0.2, 0.25) is 0 Å². The summed E-state index contributed by atoms with van der Waals surface area (Å²) < 4.78 is 23.7. The Bertz CT molecular complexity index is 923. The SMILES string of the molecule is Cc1ccc(N(C(=O)c2cc(C)cc(C)c2)C2C=CS(=O)(=O)C2)cc1. The number of sulfone groups is 1. The van der Waals surface area contributed by atoms with Gasteiger partial charge in [0.1, 0.15) is 0 Å². The molecule has 2 aromatic rings. The summed E-state index contributed by atoms with van der Waals surface area (Å²) in [6.07, 6.45) is 1.59. The van der Waals surface area contributed by atoms with E-state index in [1.165, 1.54) is 5.41 Å². The second-order valence-electron chi connectivity index (χ2n) is 6.61. The molecule has 0 saturated carbocycles. The number of carbonyl (C=O) groups is 1. The van der Waals surface area contributed by atoms with E-state index in [2.05, 4.69) is 0 Å². The van der Waals surface area contributed by atoms with E-state index in [0.29, 0.717) is 11.3 Å². The lowest BCUT2D eigenvalue weighted by atomic mass is 10.0. The average molecular weight is 355 g/mol. The maximum atomic E-state index is 13.2. The van der Waals surface area contributed by atoms with Gasteiger partial charge in [0.2, 0.25) is 0 Å². The summed E-state index contributed by atoms with van der Waals surface area (Å²) in [6.45, 7) is 5.86. The lowest BCUT2D eigenvalue weighted by Gasteiger charge is -2.28. The van der Waals surface area contributed by atoms with Gasteiger partial charge in [-0.1, -0.05) is 34.9 Å². The zero-order chi connectivity index (χ0) is 18.2. The molecule has 25 heavy (non-hydrogen) atoms. The number of hydrogen-bond donors (Lipinski definition) is 0. The molecule has 4 nitrogen and oxygen atoms in total. The van der Waals surface area contributed by atoms with E-state index in [0.717, 1.165) is 16.7 Å². The number of nitrogens with zero attached hydrogens (tertiary/aromatic N) is 1. The predicted molar refractivity (Wildman–Crippen MR) is 101 cm³/mol. The normalized spacial score (nSPS) is 18.3. The summed E-state index contributed by atoms with van der Waals surface area (Å²) in [6, 6.07) is 12.7. The fraction of sp³-hybridized carbons (Fsp3) is 0.250. The van der Waals surface area contributed by atoms with Crippen LogP contribution in [-0.2, 0) is 9.84 Å². The maximum absolute atomic E-state index is 13.2. The molecular weight excluding hydrogens is 334 g/mol. The third-order valence-electron chi connectivity index (χ3n) is 4.24. The molecule has 0 fully saturated rings. The predicted octanol–water partition coefficient (Wildman–Crippen LogP) is 3.57. The van der Waals surface area contributed by atoms with Gasteiger partial charge in [0.05, 0.1) is 11.8 Å². The Hall–Kier alpha value is -2.40. The summed E-state index contributed by atoms with van der Waals surface area (Å²) >= 11 is 0. The van der Waals surface area contributed by atoms with Crippen LogP contribution < -0.4 is 4.90 Å². The smallest absolute Gasteiger partial charge is 0.258 e. The van der Waals surface area contributed by atoms with Gasteiger partial charge in [0.15, 0.2) is 9.84 Å². The Morgan fingerprint density at radius 3 is 2.08 bits per heavy atom. The van der Waals surface area contributed by atoms with Crippen molar-refractivity contribution < 1.29 is 13.2 Å². The Morgan fingerprint density at radius 2 is 1.56 bits per heavy atom. The molecule has 1 unspecified atom stereocenters. The van der Waals surface area contributed by atoms with E-state index < -0.39 is 15.9 Å². The molecule has 5 heteroatoms. The molecule has 130 valence electrons. The first-order valence-corrected chi connectivity index (χ1v) is 9.86. The molecule has 0 saturated heterocycles. The van der Waals surface area contributed by atoms with Crippen LogP contribution in [0.15, 0.2) is 53.9 Å². The number of aryl methyl sites for hydroxylation is 3. The van der Waals surface area contributed by atoms with Crippen LogP contribution >= 0.6 is 0 Å². The molecule has 1 aliphatic heterocycles. The van der Waals surface area contributed by atoms with Gasteiger partial charge >= 0.3 is 0 Å². The van der Waals surface area contributed by atoms with Gasteiger partial charge in [-0.05, 0) is 51.1 Å². The molecule has 1 heterocycles. The van der Waals surface area contributed by atoms with Crippen LogP contribution in [-0.4, -0.2) is 26.1 Å². The minimum Gasteiger partial charge on any atom is -0.300 e. The van der Waals surface area contributed by atoms with Crippen LogP contribution in [0.25, 0.3) is 0 Å². The number of anilines is 1. The van der Waals surface area contributed by atoms with Gasteiger partial charge in [0.25, 0.3) is 5.91 Å². The molecule has 1 atom stereocenters. The van der Waals surface area contributed by atoms with Crippen molar-refractivity contribution in [1.82, 2.24) is 0 Å². The van der Waals surface area contributed by atoms with Crippen molar-refractivity contribution in [2.24, 2.45) is 0 Å². The zero-order valence-corrected chi connectivity index (χ0v) is 15.4. The summed E-state index contributed by atoms with van der Waals surface area (Å²) in [5, 5.41) is 1.20. The van der Waals surface area contributed by atoms with Crippen LogP contribution in [0.4, 0.5) is 5.69 Å². The highest BCUT2D eigenvalue weighted by molar-refractivity contribution is 7.94. The first-order valence-electron chi connectivity index (χ1n) is 8.15. The molecule has 1 amide bonds. The van der Waals surface area contributed by atoms with Gasteiger partial charge in [-0.3, -0.25) is 4.79 Å². The van der Waals surface area contributed by atoms with Gasteiger partial charge in [0, 0.05) is 16.7 Å². The molecule has 0 aromatic heterocycles. The van der Waals surface area contributed by atoms with E-state index in [-0.39, 0.29) is 11.7 Å². The highest BCUT2D eigenvalue weighted by Gasteiger charge is 2.32. The van der Waals surface area contributed by atoms with Crippen molar-refractivity contribution in [3.8, 4) is 0 Å². The Balaban J connectivity index is 2.06. The lowest BCUT2D eigenvalue weighted by molar-refractivity contribution is 0.0983. The molecule has 0 radical (unpaired) electrons. The Kier molecular flexibility index (Phi) is 4.52. The van der Waals surface area contributed by atoms with Gasteiger partial charge in [-0.25, -0.2) is 8.42 Å². The Labute approximate surface area is 148 Å². The van der Waals surface area contributed by atoms with E-state index in [4.69, 9.17) is 0 Å². The number of carbonyl (C=O) groups excluding carboxylic acids is 1. The summed E-state index contributed by atoms with van der Waals surface area (Å²) in [5.41, 5.74) is 4.35. The second kappa shape index (κ2) is 6.48. The highest BCUT2D eigenvalue weighted by atomic mass is 32.2. The van der Waals surface area contributed by atoms with E-state index in [1.807, 2.05) is 63.2 Å². The van der Waals surface area contributed by atoms with E-state index >= 15 is 0 Å². The standard InChI is InChI=1S/C20H21NO3S/c1-14-4-6-18(7-5-14)21(19-8-9-25(23,24)13-19)20(22)17-11-15(2)10-16(3)12-17/h4-12,19H,13H2,1-3H3. The van der Waals surface area contributed by atoms with Crippen molar-refractivity contribution in [1.29, 1.82) is 0 Å². The largest absolute Gasteiger partial charge is 0.300 e. The molecule has 1 aliphatic rings. The number of hydrogen-bond acceptors (Lipinski definition) is 3. The Morgan fingerprint density at radius 1 is 0.960 bits per heavy atom. The number of rotatable bonds is 3. The first kappa shape index (κ1) is 17.4. The quantitative estimate of drug-likeness (QED) is 0.846. The molecular formula is C20H21NO3S. The highest BCUT2D eigenvalue weighted by Crippen LogP contribution is 2.26. The van der Waals surface area contributed by atoms with Crippen LogP contribution in [0, 0.1) is 20.8 Å². The molecule has 0 N–H and O–H groups in total. The van der Waals surface area contributed by atoms with Crippen molar-refractivity contribution in [3.05, 3.63) is 76.2 Å². The van der Waals surface area contributed by atoms with Crippen LogP contribution in [0.1, 0.15) is 27.0 Å². The molecule has 0 spiro atoms. The number of benzene rings is 2. The van der Waals surface area contributed by atoms with Crippen molar-refractivity contribution in [2.75, 3.05) is 10.7 Å². The molecule has 2 aromatic carbocycles. The molecule has 3 rings (SSSR count).